The Hall–Kier alpha value is -4.13. The molecule has 4 N–H and O–H groups in total. The number of carboxylic acids is 1. The fraction of sp³-hybridized carbons (Fsp3) is 0.433. The van der Waals surface area contributed by atoms with E-state index < -0.39 is 30.1 Å². The lowest BCUT2D eigenvalue weighted by molar-refractivity contribution is -0.198. The third kappa shape index (κ3) is 6.31. The molecular formula is C30H33F4N5O4. The number of nitrogen functional groups attached to an aromatic ring is 1. The van der Waals surface area contributed by atoms with Gasteiger partial charge in [-0.3, -0.25) is 4.79 Å². The summed E-state index contributed by atoms with van der Waals surface area (Å²) >= 11 is 0. The van der Waals surface area contributed by atoms with Gasteiger partial charge in [0.05, 0.1) is 7.11 Å². The molecule has 0 saturated carbocycles. The van der Waals surface area contributed by atoms with Gasteiger partial charge in [-0.15, -0.1) is 0 Å². The van der Waals surface area contributed by atoms with Gasteiger partial charge in [0.25, 0.3) is 0 Å². The Morgan fingerprint density at radius 3 is 2.40 bits per heavy atom. The largest absolute Gasteiger partial charge is 0.494 e. The average Bonchev–Trinajstić information content (AvgIpc) is 3.33. The number of piperidine rings is 1. The summed E-state index contributed by atoms with van der Waals surface area (Å²) in [6.07, 6.45) is -4.43. The predicted octanol–water partition coefficient (Wildman–Crippen LogP) is 5.37. The monoisotopic (exact) mass is 603 g/mol. The maximum atomic E-state index is 14.2. The maximum Gasteiger partial charge on any atom is 0.429 e. The molecule has 2 unspecified atom stereocenters. The SMILES string of the molecule is CCC1NC(C(=O)O)CC12CCN(c1cc(O[C@H](c3ccc(-c4ccc(OC)c(F)c4)cc3)C(F)(F)F)nc(N)n1)CC2. The van der Waals surface area contributed by atoms with E-state index in [2.05, 4.69) is 15.3 Å². The standard InChI is InChI=1S/C30H33F4N5O4/c1-3-23-29(16-21(36-23)27(40)41)10-12-39(13-11-29)24-15-25(38-28(35)37-24)43-26(30(32,33)34)18-6-4-17(5-7-18)19-8-9-22(42-2)20(31)14-19/h4-9,14-15,21,23,26,36H,3,10-13,16H2,1-2H3,(H,40,41)(H2,35,37,38)/t21?,23?,26-/m1/s1. The summed E-state index contributed by atoms with van der Waals surface area (Å²) in [6.45, 7) is 3.07. The zero-order valence-electron chi connectivity index (χ0n) is 23.7. The third-order valence-corrected chi connectivity index (χ3v) is 8.48. The lowest BCUT2D eigenvalue weighted by atomic mass is 9.71. The third-order valence-electron chi connectivity index (χ3n) is 8.48. The van der Waals surface area contributed by atoms with Crippen molar-refractivity contribution in [2.24, 2.45) is 5.41 Å². The van der Waals surface area contributed by atoms with Crippen LogP contribution in [0.15, 0.2) is 48.5 Å². The summed E-state index contributed by atoms with van der Waals surface area (Å²) in [5.74, 6) is -1.62. The second-order valence-electron chi connectivity index (χ2n) is 11.0. The van der Waals surface area contributed by atoms with Gasteiger partial charge < -0.3 is 30.5 Å². The number of nitrogens with zero attached hydrogens (tertiary/aromatic N) is 3. The van der Waals surface area contributed by atoms with E-state index in [0.717, 1.165) is 6.42 Å². The van der Waals surface area contributed by atoms with E-state index in [0.29, 0.717) is 49.3 Å². The predicted molar refractivity (Wildman–Crippen MR) is 151 cm³/mol. The average molecular weight is 604 g/mol. The molecule has 1 spiro atoms. The molecule has 2 aliphatic rings. The molecule has 2 saturated heterocycles. The highest BCUT2D eigenvalue weighted by atomic mass is 19.4. The van der Waals surface area contributed by atoms with Crippen molar-refractivity contribution in [1.82, 2.24) is 15.3 Å². The first-order valence-corrected chi connectivity index (χ1v) is 14.0. The van der Waals surface area contributed by atoms with E-state index in [4.69, 9.17) is 15.2 Å². The van der Waals surface area contributed by atoms with E-state index in [9.17, 15) is 27.5 Å². The molecule has 0 amide bonds. The van der Waals surface area contributed by atoms with E-state index in [1.54, 1.807) is 6.07 Å². The van der Waals surface area contributed by atoms with E-state index in [-0.39, 0.29) is 34.6 Å². The second kappa shape index (κ2) is 11.9. The summed E-state index contributed by atoms with van der Waals surface area (Å²) in [5, 5.41) is 12.8. The minimum Gasteiger partial charge on any atom is -0.494 e. The Labute approximate surface area is 246 Å². The number of hydrogen-bond donors (Lipinski definition) is 3. The number of methoxy groups -OCH3 is 1. The van der Waals surface area contributed by atoms with Crippen LogP contribution in [0.4, 0.5) is 29.3 Å². The Bertz CT molecular complexity index is 1460. The van der Waals surface area contributed by atoms with Crippen LogP contribution in [-0.2, 0) is 4.79 Å². The molecule has 3 heterocycles. The number of carboxylic acid groups (broad SMARTS) is 1. The van der Waals surface area contributed by atoms with Crippen LogP contribution in [0.2, 0.25) is 0 Å². The first-order valence-electron chi connectivity index (χ1n) is 14.0. The van der Waals surface area contributed by atoms with Gasteiger partial charge in [-0.25, -0.2) is 4.39 Å². The van der Waals surface area contributed by atoms with E-state index in [1.165, 1.54) is 49.6 Å². The molecule has 0 radical (unpaired) electrons. The topological polar surface area (TPSA) is 123 Å². The van der Waals surface area contributed by atoms with Gasteiger partial charge in [-0.2, -0.15) is 23.1 Å². The molecule has 9 nitrogen and oxygen atoms in total. The molecule has 0 bridgehead atoms. The molecular weight excluding hydrogens is 570 g/mol. The van der Waals surface area contributed by atoms with Crippen LogP contribution < -0.4 is 25.4 Å². The van der Waals surface area contributed by atoms with E-state index in [1.807, 2.05) is 11.8 Å². The Balaban J connectivity index is 1.33. The summed E-state index contributed by atoms with van der Waals surface area (Å²) in [7, 11) is 1.34. The van der Waals surface area contributed by atoms with Crippen LogP contribution in [0.25, 0.3) is 11.1 Å². The molecule has 2 fully saturated rings. The van der Waals surface area contributed by atoms with E-state index >= 15 is 0 Å². The van der Waals surface area contributed by atoms with Gasteiger partial charge in [0.1, 0.15) is 11.9 Å². The number of anilines is 2. The molecule has 3 atom stereocenters. The first-order chi connectivity index (χ1) is 20.4. The highest BCUT2D eigenvalue weighted by molar-refractivity contribution is 5.74. The number of aliphatic carboxylic acids is 1. The zero-order chi connectivity index (χ0) is 30.9. The van der Waals surface area contributed by atoms with Crippen LogP contribution in [0, 0.1) is 11.2 Å². The minimum atomic E-state index is -4.78. The number of benzene rings is 2. The van der Waals surface area contributed by atoms with Gasteiger partial charge in [0, 0.05) is 30.8 Å². The molecule has 230 valence electrons. The molecule has 2 aliphatic heterocycles. The fourth-order valence-electron chi connectivity index (χ4n) is 6.26. The molecule has 0 aliphatic carbocycles. The minimum absolute atomic E-state index is 0.0611. The van der Waals surface area contributed by atoms with Crippen molar-refractivity contribution in [3.63, 3.8) is 0 Å². The number of nitrogens with two attached hydrogens (primary N) is 1. The van der Waals surface area contributed by atoms with Crippen LogP contribution >= 0.6 is 0 Å². The Kier molecular flexibility index (Phi) is 8.37. The van der Waals surface area contributed by atoms with Crippen molar-refractivity contribution in [2.75, 3.05) is 30.8 Å². The van der Waals surface area contributed by atoms with Crippen molar-refractivity contribution < 1.29 is 36.9 Å². The number of nitrogens with one attached hydrogen (secondary N) is 1. The van der Waals surface area contributed by atoms with Crippen molar-refractivity contribution in [3.05, 3.63) is 59.9 Å². The van der Waals surface area contributed by atoms with Crippen LogP contribution in [0.5, 0.6) is 11.6 Å². The van der Waals surface area contributed by atoms with Crippen molar-refractivity contribution >= 4 is 17.7 Å². The molecule has 43 heavy (non-hydrogen) atoms. The van der Waals surface area contributed by atoms with Gasteiger partial charge in [-0.05, 0) is 54.4 Å². The number of alkyl halides is 3. The molecule has 1 aromatic heterocycles. The first kappa shape index (κ1) is 30.3. The normalized spacial score (nSPS) is 20.7. The highest BCUT2D eigenvalue weighted by Gasteiger charge is 2.50. The quantitative estimate of drug-likeness (QED) is 0.292. The summed E-state index contributed by atoms with van der Waals surface area (Å²) in [6, 6.07) is 10.6. The van der Waals surface area contributed by atoms with Gasteiger partial charge in [-0.1, -0.05) is 37.3 Å². The molecule has 13 heteroatoms. The molecule has 2 aromatic carbocycles. The fourth-order valence-corrected chi connectivity index (χ4v) is 6.26. The van der Waals surface area contributed by atoms with Crippen LogP contribution in [0.3, 0.4) is 0 Å². The number of hydrogen-bond acceptors (Lipinski definition) is 8. The maximum absolute atomic E-state index is 14.2. The Morgan fingerprint density at radius 2 is 1.81 bits per heavy atom. The van der Waals surface area contributed by atoms with Gasteiger partial charge >= 0.3 is 12.1 Å². The second-order valence-corrected chi connectivity index (χ2v) is 11.0. The van der Waals surface area contributed by atoms with Crippen molar-refractivity contribution in [3.8, 4) is 22.8 Å². The van der Waals surface area contributed by atoms with Crippen LogP contribution in [0.1, 0.15) is 44.3 Å². The molecule has 3 aromatic rings. The van der Waals surface area contributed by atoms with Crippen LogP contribution in [-0.4, -0.2) is 59.5 Å². The number of aromatic nitrogens is 2. The smallest absolute Gasteiger partial charge is 0.429 e. The lowest BCUT2D eigenvalue weighted by Crippen LogP contribution is -2.46. The Morgan fingerprint density at radius 1 is 1.14 bits per heavy atom. The lowest BCUT2D eigenvalue weighted by Gasteiger charge is -2.43. The summed E-state index contributed by atoms with van der Waals surface area (Å²) < 4.78 is 67.1. The van der Waals surface area contributed by atoms with Crippen molar-refractivity contribution in [1.29, 1.82) is 0 Å². The number of rotatable bonds is 8. The summed E-state index contributed by atoms with van der Waals surface area (Å²) in [4.78, 5) is 21.7. The van der Waals surface area contributed by atoms with Crippen molar-refractivity contribution in [2.45, 2.75) is 57.0 Å². The molecule has 5 rings (SSSR count). The summed E-state index contributed by atoms with van der Waals surface area (Å²) in [5.41, 5.74) is 6.53. The number of carbonyl (C=O) groups is 1. The highest BCUT2D eigenvalue weighted by Crippen LogP contribution is 2.46. The number of ether oxygens (including phenoxy) is 2. The zero-order valence-corrected chi connectivity index (χ0v) is 23.7. The number of halogens is 4. The van der Waals surface area contributed by atoms with Gasteiger partial charge in [0.2, 0.25) is 17.9 Å². The van der Waals surface area contributed by atoms with Gasteiger partial charge in [0.15, 0.2) is 11.6 Å².